The lowest BCUT2D eigenvalue weighted by Crippen LogP contribution is -2.14. The highest BCUT2D eigenvalue weighted by molar-refractivity contribution is 9.10. The van der Waals surface area contributed by atoms with E-state index >= 15 is 0 Å². The molecule has 3 nitrogen and oxygen atoms in total. The number of halogens is 1. The maximum atomic E-state index is 6.35. The number of benzene rings is 1. The van der Waals surface area contributed by atoms with Crippen molar-refractivity contribution in [2.24, 2.45) is 5.73 Å². The topological polar surface area (TPSA) is 44.5 Å². The third-order valence-corrected chi connectivity index (χ3v) is 4.20. The molecule has 1 aliphatic carbocycles. The van der Waals surface area contributed by atoms with Gasteiger partial charge < -0.3 is 15.2 Å². The van der Waals surface area contributed by atoms with Crippen LogP contribution in [0.5, 0.6) is 11.5 Å². The Labute approximate surface area is 123 Å². The normalized spacial score (nSPS) is 18.6. The van der Waals surface area contributed by atoms with E-state index in [1.807, 2.05) is 19.9 Å². The van der Waals surface area contributed by atoms with Crippen LogP contribution in [0.3, 0.4) is 0 Å². The van der Waals surface area contributed by atoms with Gasteiger partial charge in [0.15, 0.2) is 11.5 Å². The maximum absolute atomic E-state index is 6.35. The van der Waals surface area contributed by atoms with E-state index in [0.717, 1.165) is 40.8 Å². The summed E-state index contributed by atoms with van der Waals surface area (Å²) in [6.07, 6.45) is 4.40. The highest BCUT2D eigenvalue weighted by Gasteiger charge is 2.25. The van der Waals surface area contributed by atoms with Gasteiger partial charge in [-0.15, -0.1) is 0 Å². The Morgan fingerprint density at radius 3 is 2.68 bits per heavy atom. The predicted molar refractivity (Wildman–Crippen MR) is 81.0 cm³/mol. The van der Waals surface area contributed by atoms with Crippen molar-refractivity contribution >= 4 is 15.9 Å². The molecule has 19 heavy (non-hydrogen) atoms. The zero-order valence-electron chi connectivity index (χ0n) is 11.7. The minimum atomic E-state index is 0.0377. The average molecular weight is 328 g/mol. The SMILES string of the molecule is CCOc1cc(Br)c2c(c1OCC)[C@@H](N)CCCC2. The first kappa shape index (κ1) is 14.7. The lowest BCUT2D eigenvalue weighted by atomic mass is 9.98. The van der Waals surface area contributed by atoms with Gasteiger partial charge in [-0.05, 0) is 44.7 Å². The maximum Gasteiger partial charge on any atom is 0.166 e. The van der Waals surface area contributed by atoms with E-state index < -0.39 is 0 Å². The van der Waals surface area contributed by atoms with E-state index in [-0.39, 0.29) is 6.04 Å². The van der Waals surface area contributed by atoms with E-state index in [9.17, 15) is 0 Å². The van der Waals surface area contributed by atoms with Crippen LogP contribution in [0, 0.1) is 0 Å². The molecule has 4 heteroatoms. The van der Waals surface area contributed by atoms with E-state index in [1.165, 1.54) is 12.0 Å². The molecule has 1 aliphatic rings. The molecule has 1 aromatic carbocycles. The fourth-order valence-electron chi connectivity index (χ4n) is 2.68. The van der Waals surface area contributed by atoms with Crippen LogP contribution in [-0.2, 0) is 6.42 Å². The minimum Gasteiger partial charge on any atom is -0.490 e. The molecule has 1 atom stereocenters. The van der Waals surface area contributed by atoms with Gasteiger partial charge in [0, 0.05) is 16.1 Å². The molecular weight excluding hydrogens is 306 g/mol. The number of hydrogen-bond donors (Lipinski definition) is 1. The fourth-order valence-corrected chi connectivity index (χ4v) is 3.30. The third-order valence-electron chi connectivity index (χ3n) is 3.49. The second-order valence-corrected chi connectivity index (χ2v) is 5.65. The van der Waals surface area contributed by atoms with Crippen molar-refractivity contribution < 1.29 is 9.47 Å². The van der Waals surface area contributed by atoms with E-state index in [4.69, 9.17) is 15.2 Å². The van der Waals surface area contributed by atoms with E-state index in [1.54, 1.807) is 0 Å². The monoisotopic (exact) mass is 327 g/mol. The first-order valence-electron chi connectivity index (χ1n) is 7.05. The molecule has 2 rings (SSSR count). The predicted octanol–water partition coefficient (Wildman–Crippen LogP) is 3.97. The molecule has 0 radical (unpaired) electrons. The summed E-state index contributed by atoms with van der Waals surface area (Å²) in [5, 5.41) is 0. The van der Waals surface area contributed by atoms with E-state index in [0.29, 0.717) is 13.2 Å². The molecule has 1 aromatic rings. The van der Waals surface area contributed by atoms with Gasteiger partial charge in [-0.2, -0.15) is 0 Å². The molecule has 0 fully saturated rings. The van der Waals surface area contributed by atoms with Crippen LogP contribution in [0.2, 0.25) is 0 Å². The van der Waals surface area contributed by atoms with Crippen molar-refractivity contribution in [3.8, 4) is 11.5 Å². The van der Waals surface area contributed by atoms with Crippen molar-refractivity contribution in [3.63, 3.8) is 0 Å². The lowest BCUT2D eigenvalue weighted by Gasteiger charge is -2.22. The van der Waals surface area contributed by atoms with Crippen molar-refractivity contribution in [3.05, 3.63) is 21.7 Å². The molecule has 2 N–H and O–H groups in total. The number of rotatable bonds is 4. The van der Waals surface area contributed by atoms with Gasteiger partial charge in [-0.1, -0.05) is 22.4 Å². The molecule has 0 aromatic heterocycles. The Balaban J connectivity index is 2.58. The summed E-state index contributed by atoms with van der Waals surface area (Å²) in [6, 6.07) is 2.06. The third kappa shape index (κ3) is 3.06. The molecule has 0 heterocycles. The Morgan fingerprint density at radius 1 is 1.26 bits per heavy atom. The lowest BCUT2D eigenvalue weighted by molar-refractivity contribution is 0.283. The van der Waals surface area contributed by atoms with Crippen molar-refractivity contribution in [1.29, 1.82) is 0 Å². The second kappa shape index (κ2) is 6.62. The van der Waals surface area contributed by atoms with Crippen LogP contribution in [0.15, 0.2) is 10.5 Å². The molecule has 106 valence electrons. The van der Waals surface area contributed by atoms with Gasteiger partial charge in [0.25, 0.3) is 0 Å². The zero-order chi connectivity index (χ0) is 13.8. The highest BCUT2D eigenvalue weighted by Crippen LogP contribution is 2.44. The molecular formula is C15H22BrNO2. The molecule has 0 saturated heterocycles. The molecule has 0 bridgehead atoms. The molecule has 0 amide bonds. The number of fused-ring (bicyclic) bond motifs is 1. The van der Waals surface area contributed by atoms with Crippen LogP contribution in [0.1, 0.15) is 50.3 Å². The van der Waals surface area contributed by atoms with Crippen LogP contribution in [0.4, 0.5) is 0 Å². The smallest absolute Gasteiger partial charge is 0.166 e. The minimum absolute atomic E-state index is 0.0377. The number of nitrogens with two attached hydrogens (primary N) is 1. The second-order valence-electron chi connectivity index (χ2n) is 4.80. The number of hydrogen-bond acceptors (Lipinski definition) is 3. The first-order valence-corrected chi connectivity index (χ1v) is 7.84. The fraction of sp³-hybridized carbons (Fsp3) is 0.600. The summed E-state index contributed by atoms with van der Waals surface area (Å²) in [6.45, 7) is 5.23. The van der Waals surface area contributed by atoms with Gasteiger partial charge in [-0.25, -0.2) is 0 Å². The van der Waals surface area contributed by atoms with Crippen LogP contribution in [-0.4, -0.2) is 13.2 Å². The summed E-state index contributed by atoms with van der Waals surface area (Å²) in [5.74, 6) is 1.64. The van der Waals surface area contributed by atoms with Gasteiger partial charge in [-0.3, -0.25) is 0 Å². The zero-order valence-corrected chi connectivity index (χ0v) is 13.3. The summed E-state index contributed by atoms with van der Waals surface area (Å²) in [4.78, 5) is 0. The van der Waals surface area contributed by atoms with Crippen molar-refractivity contribution in [1.82, 2.24) is 0 Å². The Bertz CT molecular complexity index is 448. The van der Waals surface area contributed by atoms with Gasteiger partial charge >= 0.3 is 0 Å². The van der Waals surface area contributed by atoms with Gasteiger partial charge in [0.1, 0.15) is 0 Å². The van der Waals surface area contributed by atoms with Crippen molar-refractivity contribution in [2.45, 2.75) is 45.6 Å². The molecule has 0 aliphatic heterocycles. The van der Waals surface area contributed by atoms with Crippen LogP contribution in [0.25, 0.3) is 0 Å². The summed E-state index contributed by atoms with van der Waals surface area (Å²) in [7, 11) is 0. The highest BCUT2D eigenvalue weighted by atomic mass is 79.9. The van der Waals surface area contributed by atoms with Gasteiger partial charge in [0.2, 0.25) is 0 Å². The first-order chi connectivity index (χ1) is 9.19. The molecule has 0 unspecified atom stereocenters. The Hall–Kier alpha value is -0.740. The largest absolute Gasteiger partial charge is 0.490 e. The Morgan fingerprint density at radius 2 is 2.00 bits per heavy atom. The van der Waals surface area contributed by atoms with Gasteiger partial charge in [0.05, 0.1) is 13.2 Å². The molecule has 0 spiro atoms. The summed E-state index contributed by atoms with van der Waals surface area (Å²) >= 11 is 3.66. The summed E-state index contributed by atoms with van der Waals surface area (Å²) in [5.41, 5.74) is 8.78. The molecule has 0 saturated carbocycles. The average Bonchev–Trinajstić information content (AvgIpc) is 2.57. The Kier molecular flexibility index (Phi) is 5.11. The standard InChI is InChI=1S/C15H22BrNO2/c1-3-18-13-9-11(16)10-7-5-6-8-12(17)14(10)15(13)19-4-2/h9,12H,3-8,17H2,1-2H3/t12-/m0/s1. The number of ether oxygens (including phenoxy) is 2. The van der Waals surface area contributed by atoms with Crippen LogP contribution >= 0.6 is 15.9 Å². The summed E-state index contributed by atoms with van der Waals surface area (Å²) < 4.78 is 12.6. The van der Waals surface area contributed by atoms with Crippen molar-refractivity contribution in [2.75, 3.05) is 13.2 Å². The quantitative estimate of drug-likeness (QED) is 0.851. The van der Waals surface area contributed by atoms with Crippen LogP contribution < -0.4 is 15.2 Å². The van der Waals surface area contributed by atoms with E-state index in [2.05, 4.69) is 15.9 Å².